The molecule has 1 amide bonds. The average Bonchev–Trinajstić information content (AvgIpc) is 2.42. The molecule has 0 spiro atoms. The molecule has 2 rings (SSSR count). The summed E-state index contributed by atoms with van der Waals surface area (Å²) in [5.74, 6) is 1.33. The number of nitrogens with zero attached hydrogens (tertiary/aromatic N) is 1. The van der Waals surface area contributed by atoms with Crippen molar-refractivity contribution in [3.8, 4) is 0 Å². The van der Waals surface area contributed by atoms with Crippen molar-refractivity contribution in [2.24, 2.45) is 11.7 Å². The van der Waals surface area contributed by atoms with E-state index in [-0.39, 0.29) is 12.2 Å². The van der Waals surface area contributed by atoms with Gasteiger partial charge in [0.15, 0.2) is 0 Å². The first-order chi connectivity index (χ1) is 10.2. The summed E-state index contributed by atoms with van der Waals surface area (Å²) in [6.07, 6.45) is 6.37. The molecule has 1 saturated heterocycles. The first kappa shape index (κ1) is 16.7. The van der Waals surface area contributed by atoms with Crippen molar-refractivity contribution in [2.75, 3.05) is 13.1 Å². The van der Waals surface area contributed by atoms with Crippen LogP contribution in [0.3, 0.4) is 0 Å². The van der Waals surface area contributed by atoms with Crippen LogP contribution in [-0.2, 0) is 9.47 Å². The van der Waals surface area contributed by atoms with Gasteiger partial charge in [0.1, 0.15) is 11.7 Å². The maximum Gasteiger partial charge on any atom is 0.410 e. The van der Waals surface area contributed by atoms with Crippen LogP contribution in [0.2, 0.25) is 0 Å². The standard InChI is InChI=1S/C17H28N2O3/c1-12-11-14(5-6-15(12)18)21-13-7-9-19(10-8-13)16(20)22-17(2,3)4/h5-6,12-13H,7-11,18H2,1-4H3/t12-/m1/s1. The van der Waals surface area contributed by atoms with E-state index < -0.39 is 5.60 Å². The zero-order chi connectivity index (χ0) is 16.3. The van der Waals surface area contributed by atoms with Crippen LogP contribution >= 0.6 is 0 Å². The molecule has 1 heterocycles. The highest BCUT2D eigenvalue weighted by Gasteiger charge is 2.28. The summed E-state index contributed by atoms with van der Waals surface area (Å²) < 4.78 is 11.5. The third-order valence-corrected chi connectivity index (χ3v) is 3.95. The topological polar surface area (TPSA) is 64.8 Å². The van der Waals surface area contributed by atoms with Gasteiger partial charge in [0.25, 0.3) is 0 Å². The smallest absolute Gasteiger partial charge is 0.410 e. The minimum Gasteiger partial charge on any atom is -0.495 e. The fraction of sp³-hybridized carbons (Fsp3) is 0.706. The van der Waals surface area contributed by atoms with Gasteiger partial charge in [-0.3, -0.25) is 0 Å². The van der Waals surface area contributed by atoms with Gasteiger partial charge in [0.05, 0.1) is 5.76 Å². The molecule has 1 fully saturated rings. The van der Waals surface area contributed by atoms with E-state index >= 15 is 0 Å². The number of hydrogen-bond donors (Lipinski definition) is 1. The van der Waals surface area contributed by atoms with Crippen LogP contribution in [-0.4, -0.2) is 35.8 Å². The lowest BCUT2D eigenvalue weighted by Crippen LogP contribution is -2.43. The maximum absolute atomic E-state index is 12.0. The molecule has 124 valence electrons. The third kappa shape index (κ3) is 4.68. The van der Waals surface area contributed by atoms with Crippen LogP contribution in [0.25, 0.3) is 0 Å². The number of allylic oxidation sites excluding steroid dienone is 4. The quantitative estimate of drug-likeness (QED) is 0.851. The second-order valence-corrected chi connectivity index (χ2v) is 7.19. The molecular weight excluding hydrogens is 280 g/mol. The zero-order valence-corrected chi connectivity index (χ0v) is 14.1. The summed E-state index contributed by atoms with van der Waals surface area (Å²) in [5, 5.41) is 0. The number of likely N-dealkylation sites (tertiary alicyclic amines) is 1. The summed E-state index contributed by atoms with van der Waals surface area (Å²) in [6, 6.07) is 0. The van der Waals surface area contributed by atoms with Crippen LogP contribution in [0.4, 0.5) is 4.79 Å². The van der Waals surface area contributed by atoms with E-state index in [2.05, 4.69) is 6.92 Å². The molecule has 0 aromatic rings. The highest BCUT2D eigenvalue weighted by molar-refractivity contribution is 5.68. The number of rotatable bonds is 2. The Labute approximate surface area is 133 Å². The maximum atomic E-state index is 12.0. The van der Waals surface area contributed by atoms with Gasteiger partial charge in [-0.15, -0.1) is 0 Å². The van der Waals surface area contributed by atoms with Crippen LogP contribution in [0.1, 0.15) is 47.0 Å². The van der Waals surface area contributed by atoms with Crippen molar-refractivity contribution < 1.29 is 14.3 Å². The second-order valence-electron chi connectivity index (χ2n) is 7.19. The molecule has 0 radical (unpaired) electrons. The Bertz CT molecular complexity index is 469. The number of carbonyl (C=O) groups is 1. The van der Waals surface area contributed by atoms with Gasteiger partial charge in [-0.25, -0.2) is 4.79 Å². The van der Waals surface area contributed by atoms with E-state index in [1.54, 1.807) is 4.90 Å². The monoisotopic (exact) mass is 308 g/mol. The normalized spacial score (nSPS) is 23.6. The van der Waals surface area contributed by atoms with Crippen molar-refractivity contribution in [3.05, 3.63) is 23.6 Å². The summed E-state index contributed by atoms with van der Waals surface area (Å²) in [5.41, 5.74) is 6.34. The predicted molar refractivity (Wildman–Crippen MR) is 86.0 cm³/mol. The Morgan fingerprint density at radius 3 is 2.45 bits per heavy atom. The second kappa shape index (κ2) is 6.63. The molecule has 5 heteroatoms. The Hall–Kier alpha value is -1.65. The summed E-state index contributed by atoms with van der Waals surface area (Å²) in [6.45, 7) is 9.12. The van der Waals surface area contributed by atoms with E-state index in [0.717, 1.165) is 30.7 Å². The number of piperidine rings is 1. The van der Waals surface area contributed by atoms with Gasteiger partial charge >= 0.3 is 6.09 Å². The largest absolute Gasteiger partial charge is 0.495 e. The first-order valence-corrected chi connectivity index (χ1v) is 8.05. The Balaban J connectivity index is 1.79. The fourth-order valence-electron chi connectivity index (χ4n) is 2.63. The molecule has 1 aliphatic carbocycles. The van der Waals surface area contributed by atoms with Crippen LogP contribution in [0, 0.1) is 5.92 Å². The molecule has 2 N–H and O–H groups in total. The average molecular weight is 308 g/mol. The van der Waals surface area contributed by atoms with Crippen molar-refractivity contribution in [1.29, 1.82) is 0 Å². The number of amides is 1. The molecular formula is C17H28N2O3. The van der Waals surface area contributed by atoms with E-state index in [0.29, 0.717) is 19.0 Å². The molecule has 1 atom stereocenters. The predicted octanol–water partition coefficient (Wildman–Crippen LogP) is 3.17. The SMILES string of the molecule is C[C@@H]1CC(OC2CCN(C(=O)OC(C)(C)C)CC2)=CC=C1N. The van der Waals surface area contributed by atoms with E-state index in [1.807, 2.05) is 32.9 Å². The van der Waals surface area contributed by atoms with Gasteiger partial charge in [0.2, 0.25) is 0 Å². The van der Waals surface area contributed by atoms with E-state index in [4.69, 9.17) is 15.2 Å². The lowest BCUT2D eigenvalue weighted by atomic mass is 9.98. The molecule has 1 aliphatic heterocycles. The summed E-state index contributed by atoms with van der Waals surface area (Å²) in [7, 11) is 0. The minimum atomic E-state index is -0.445. The molecule has 22 heavy (non-hydrogen) atoms. The third-order valence-electron chi connectivity index (χ3n) is 3.95. The Morgan fingerprint density at radius 1 is 1.27 bits per heavy atom. The number of hydrogen-bond acceptors (Lipinski definition) is 4. The minimum absolute atomic E-state index is 0.171. The number of nitrogens with two attached hydrogens (primary N) is 1. The lowest BCUT2D eigenvalue weighted by Gasteiger charge is -2.34. The molecule has 0 aromatic carbocycles. The molecule has 0 unspecified atom stereocenters. The van der Waals surface area contributed by atoms with Gasteiger partial charge in [0, 0.05) is 44.0 Å². The Morgan fingerprint density at radius 2 is 1.91 bits per heavy atom. The summed E-state index contributed by atoms with van der Waals surface area (Å²) in [4.78, 5) is 13.8. The molecule has 2 aliphatic rings. The summed E-state index contributed by atoms with van der Waals surface area (Å²) >= 11 is 0. The van der Waals surface area contributed by atoms with Gasteiger partial charge in [-0.2, -0.15) is 0 Å². The van der Waals surface area contributed by atoms with E-state index in [9.17, 15) is 4.79 Å². The molecule has 0 aromatic heterocycles. The molecule has 0 saturated carbocycles. The zero-order valence-electron chi connectivity index (χ0n) is 14.1. The van der Waals surface area contributed by atoms with E-state index in [1.165, 1.54) is 0 Å². The van der Waals surface area contributed by atoms with Gasteiger partial charge in [-0.05, 0) is 32.9 Å². The van der Waals surface area contributed by atoms with Crippen LogP contribution < -0.4 is 5.73 Å². The lowest BCUT2D eigenvalue weighted by molar-refractivity contribution is 0.00294. The highest BCUT2D eigenvalue weighted by Crippen LogP contribution is 2.26. The molecule has 0 bridgehead atoms. The first-order valence-electron chi connectivity index (χ1n) is 8.05. The van der Waals surface area contributed by atoms with Crippen molar-refractivity contribution in [3.63, 3.8) is 0 Å². The van der Waals surface area contributed by atoms with Crippen molar-refractivity contribution in [1.82, 2.24) is 4.90 Å². The molecule has 5 nitrogen and oxygen atoms in total. The highest BCUT2D eigenvalue weighted by atomic mass is 16.6. The fourth-order valence-corrected chi connectivity index (χ4v) is 2.63. The van der Waals surface area contributed by atoms with Crippen molar-refractivity contribution in [2.45, 2.75) is 58.7 Å². The number of ether oxygens (including phenoxy) is 2. The van der Waals surface area contributed by atoms with Gasteiger partial charge < -0.3 is 20.1 Å². The van der Waals surface area contributed by atoms with Gasteiger partial charge in [-0.1, -0.05) is 6.92 Å². The van der Waals surface area contributed by atoms with Crippen LogP contribution in [0.5, 0.6) is 0 Å². The van der Waals surface area contributed by atoms with Crippen LogP contribution in [0.15, 0.2) is 23.6 Å². The number of carbonyl (C=O) groups excluding carboxylic acids is 1. The van der Waals surface area contributed by atoms with Crippen molar-refractivity contribution >= 4 is 6.09 Å². The Kier molecular flexibility index (Phi) is 5.04.